The fraction of sp³-hybridized carbons (Fsp3) is 0.481. The molecule has 0 aliphatic heterocycles. The van der Waals surface area contributed by atoms with Crippen LogP contribution in [-0.4, -0.2) is 75.7 Å². The number of pyridine rings is 1. The Labute approximate surface area is 210 Å². The standard InChI is InChI=1S/C27H42N6O2/c1-8-33(6)13-12-20(2)31-26-17-27(32-22(4)29-18-21(3)28-5)30-19-25(26)23-10-9-11-24(16-23)35-15-14-34-7/h9-11,16-17,19-20,29H,4,8,12-15,18H2,1-3,5-7H3,(H2,30,31,32). The van der Waals surface area contributed by atoms with E-state index in [4.69, 9.17) is 9.47 Å². The predicted molar refractivity (Wildman–Crippen MR) is 148 cm³/mol. The van der Waals surface area contributed by atoms with Gasteiger partial charge < -0.3 is 30.3 Å². The second-order valence-corrected chi connectivity index (χ2v) is 8.63. The van der Waals surface area contributed by atoms with Crippen LogP contribution in [0.5, 0.6) is 5.75 Å². The number of hydrogen-bond acceptors (Lipinski definition) is 8. The maximum Gasteiger partial charge on any atom is 0.133 e. The van der Waals surface area contributed by atoms with Gasteiger partial charge in [-0.3, -0.25) is 4.99 Å². The summed E-state index contributed by atoms with van der Waals surface area (Å²) in [7, 11) is 5.59. The number of aromatic nitrogens is 1. The summed E-state index contributed by atoms with van der Waals surface area (Å²) in [6.45, 7) is 14.2. The Balaban J connectivity index is 2.26. The van der Waals surface area contributed by atoms with Crippen LogP contribution in [0.2, 0.25) is 0 Å². The molecule has 3 N–H and O–H groups in total. The molecule has 0 saturated heterocycles. The smallest absolute Gasteiger partial charge is 0.133 e. The zero-order valence-electron chi connectivity index (χ0n) is 22.1. The van der Waals surface area contributed by atoms with Crippen LogP contribution in [0.25, 0.3) is 11.1 Å². The molecule has 0 fully saturated rings. The summed E-state index contributed by atoms with van der Waals surface area (Å²) in [6.07, 6.45) is 2.91. The Bertz CT molecular complexity index is 962. The van der Waals surface area contributed by atoms with Crippen LogP contribution >= 0.6 is 0 Å². The van der Waals surface area contributed by atoms with Gasteiger partial charge in [0, 0.05) is 49.4 Å². The van der Waals surface area contributed by atoms with Crippen LogP contribution in [0.4, 0.5) is 11.5 Å². The van der Waals surface area contributed by atoms with Crippen LogP contribution in [0, 0.1) is 0 Å². The minimum atomic E-state index is 0.281. The summed E-state index contributed by atoms with van der Waals surface area (Å²) >= 11 is 0. The van der Waals surface area contributed by atoms with Gasteiger partial charge in [0.05, 0.1) is 19.0 Å². The second-order valence-electron chi connectivity index (χ2n) is 8.63. The first-order valence-corrected chi connectivity index (χ1v) is 12.2. The van der Waals surface area contributed by atoms with E-state index in [2.05, 4.69) is 64.4 Å². The minimum Gasteiger partial charge on any atom is -0.491 e. The number of ether oxygens (including phenoxy) is 2. The Morgan fingerprint density at radius 2 is 2.06 bits per heavy atom. The summed E-state index contributed by atoms with van der Waals surface area (Å²) in [5, 5.41) is 10.2. The molecule has 2 aromatic rings. The van der Waals surface area contributed by atoms with E-state index in [9.17, 15) is 0 Å². The summed E-state index contributed by atoms with van der Waals surface area (Å²) in [5.41, 5.74) is 4.04. The number of aliphatic imine (C=N–C) groups is 1. The highest BCUT2D eigenvalue weighted by atomic mass is 16.5. The molecule has 1 aromatic heterocycles. The number of benzene rings is 1. The molecular weight excluding hydrogens is 440 g/mol. The molecule has 2 rings (SSSR count). The number of hydrogen-bond donors (Lipinski definition) is 3. The number of anilines is 2. The molecule has 0 saturated carbocycles. The number of methoxy groups -OCH3 is 1. The van der Waals surface area contributed by atoms with Crippen molar-refractivity contribution in [3.8, 4) is 16.9 Å². The number of nitrogens with one attached hydrogen (secondary N) is 3. The lowest BCUT2D eigenvalue weighted by Gasteiger charge is -2.22. The van der Waals surface area contributed by atoms with Gasteiger partial charge in [-0.25, -0.2) is 4.98 Å². The van der Waals surface area contributed by atoms with E-state index in [0.717, 1.165) is 47.8 Å². The SMILES string of the molecule is C=C(NCC(C)=NC)Nc1cc(NC(C)CCN(C)CC)c(-c2cccc(OCCOC)c2)cn1. The van der Waals surface area contributed by atoms with E-state index in [0.29, 0.717) is 31.4 Å². The topological polar surface area (TPSA) is 83.0 Å². The molecule has 8 heteroatoms. The molecule has 192 valence electrons. The Morgan fingerprint density at radius 1 is 1.26 bits per heavy atom. The van der Waals surface area contributed by atoms with Crippen molar-refractivity contribution in [2.75, 3.05) is 64.7 Å². The van der Waals surface area contributed by atoms with Crippen molar-refractivity contribution in [2.45, 2.75) is 33.2 Å². The average Bonchev–Trinajstić information content (AvgIpc) is 2.86. The summed E-state index contributed by atoms with van der Waals surface area (Å²) < 4.78 is 10.9. The van der Waals surface area contributed by atoms with E-state index >= 15 is 0 Å². The van der Waals surface area contributed by atoms with Gasteiger partial charge in [0.25, 0.3) is 0 Å². The zero-order chi connectivity index (χ0) is 25.6. The van der Waals surface area contributed by atoms with Crippen molar-refractivity contribution in [1.29, 1.82) is 0 Å². The monoisotopic (exact) mass is 482 g/mol. The molecular formula is C27H42N6O2. The molecule has 1 unspecified atom stereocenters. The lowest BCUT2D eigenvalue weighted by atomic mass is 10.0. The van der Waals surface area contributed by atoms with Crippen LogP contribution in [-0.2, 0) is 4.74 Å². The summed E-state index contributed by atoms with van der Waals surface area (Å²) in [5.74, 6) is 2.19. The summed E-state index contributed by atoms with van der Waals surface area (Å²) in [4.78, 5) is 11.1. The molecule has 1 aromatic carbocycles. The van der Waals surface area contributed by atoms with Crippen LogP contribution in [0.1, 0.15) is 27.2 Å². The minimum absolute atomic E-state index is 0.281. The Hall–Kier alpha value is -3.10. The first-order chi connectivity index (χ1) is 16.9. The molecule has 8 nitrogen and oxygen atoms in total. The Morgan fingerprint density at radius 3 is 2.77 bits per heavy atom. The van der Waals surface area contributed by atoms with E-state index < -0.39 is 0 Å². The third-order valence-corrected chi connectivity index (χ3v) is 5.71. The van der Waals surface area contributed by atoms with E-state index in [1.807, 2.05) is 37.4 Å². The molecule has 1 heterocycles. The third-order valence-electron chi connectivity index (χ3n) is 5.71. The molecule has 1 atom stereocenters. The normalized spacial score (nSPS) is 12.4. The lowest BCUT2D eigenvalue weighted by molar-refractivity contribution is 0.146. The van der Waals surface area contributed by atoms with E-state index in [1.165, 1.54) is 0 Å². The van der Waals surface area contributed by atoms with Crippen molar-refractivity contribution in [3.05, 3.63) is 48.9 Å². The van der Waals surface area contributed by atoms with Gasteiger partial charge in [0.2, 0.25) is 0 Å². The van der Waals surface area contributed by atoms with Crippen molar-refractivity contribution < 1.29 is 9.47 Å². The highest BCUT2D eigenvalue weighted by Crippen LogP contribution is 2.32. The average molecular weight is 483 g/mol. The van der Waals surface area contributed by atoms with Crippen LogP contribution in [0.15, 0.2) is 53.9 Å². The second kappa shape index (κ2) is 15.0. The quantitative estimate of drug-likeness (QED) is 0.240. The van der Waals surface area contributed by atoms with Gasteiger partial charge in [-0.1, -0.05) is 25.6 Å². The van der Waals surface area contributed by atoms with Gasteiger partial charge in [-0.2, -0.15) is 0 Å². The first kappa shape index (κ1) is 28.1. The predicted octanol–water partition coefficient (Wildman–Crippen LogP) is 4.48. The zero-order valence-corrected chi connectivity index (χ0v) is 22.1. The summed E-state index contributed by atoms with van der Waals surface area (Å²) in [6, 6.07) is 10.4. The molecule has 0 spiro atoms. The molecule has 0 bridgehead atoms. The van der Waals surface area contributed by atoms with Crippen LogP contribution < -0.4 is 20.7 Å². The third kappa shape index (κ3) is 9.96. The molecule has 35 heavy (non-hydrogen) atoms. The molecule has 0 radical (unpaired) electrons. The van der Waals surface area contributed by atoms with Crippen molar-refractivity contribution in [1.82, 2.24) is 15.2 Å². The van der Waals surface area contributed by atoms with Crippen molar-refractivity contribution in [2.24, 2.45) is 4.99 Å². The van der Waals surface area contributed by atoms with Crippen molar-refractivity contribution >= 4 is 17.2 Å². The molecule has 0 aliphatic carbocycles. The van der Waals surface area contributed by atoms with E-state index in [-0.39, 0.29) is 6.04 Å². The first-order valence-electron chi connectivity index (χ1n) is 12.2. The van der Waals surface area contributed by atoms with Crippen LogP contribution in [0.3, 0.4) is 0 Å². The Kier molecular flexibility index (Phi) is 12.1. The highest BCUT2D eigenvalue weighted by Gasteiger charge is 2.13. The maximum absolute atomic E-state index is 5.83. The van der Waals surface area contributed by atoms with Crippen molar-refractivity contribution in [3.63, 3.8) is 0 Å². The van der Waals surface area contributed by atoms with Gasteiger partial charge in [-0.05, 0) is 58.1 Å². The molecule has 0 amide bonds. The lowest BCUT2D eigenvalue weighted by Crippen LogP contribution is -2.26. The highest BCUT2D eigenvalue weighted by molar-refractivity contribution is 5.84. The van der Waals surface area contributed by atoms with Gasteiger partial charge >= 0.3 is 0 Å². The number of nitrogens with zero attached hydrogens (tertiary/aromatic N) is 3. The number of rotatable bonds is 16. The largest absolute Gasteiger partial charge is 0.491 e. The van der Waals surface area contributed by atoms with Gasteiger partial charge in [0.15, 0.2) is 0 Å². The fourth-order valence-electron chi connectivity index (χ4n) is 3.29. The molecule has 0 aliphatic rings. The maximum atomic E-state index is 5.83. The fourth-order valence-corrected chi connectivity index (χ4v) is 3.29. The van der Waals surface area contributed by atoms with Gasteiger partial charge in [0.1, 0.15) is 18.2 Å². The van der Waals surface area contributed by atoms with E-state index in [1.54, 1.807) is 14.2 Å². The van der Waals surface area contributed by atoms with Gasteiger partial charge in [-0.15, -0.1) is 0 Å².